The lowest BCUT2D eigenvalue weighted by Gasteiger charge is -2.08. The Hall–Kier alpha value is -3.06. The topological polar surface area (TPSA) is 80.9 Å². The summed E-state index contributed by atoms with van der Waals surface area (Å²) < 4.78 is 2.53. The van der Waals surface area contributed by atoms with Crippen LogP contribution in [0.1, 0.15) is 23.0 Å². The highest BCUT2D eigenvalue weighted by Gasteiger charge is 2.13. The molecule has 4 rings (SSSR count). The smallest absolute Gasteiger partial charge is 0.336 e. The summed E-state index contributed by atoms with van der Waals surface area (Å²) in [7, 11) is 0. The summed E-state index contributed by atoms with van der Waals surface area (Å²) in [5, 5.41) is 18.4. The van der Waals surface area contributed by atoms with Crippen LogP contribution in [0.2, 0.25) is 0 Å². The molecule has 0 aliphatic carbocycles. The number of hydrogen-bond acceptors (Lipinski definition) is 4. The lowest BCUT2D eigenvalue weighted by atomic mass is 10.0. The van der Waals surface area contributed by atoms with E-state index in [9.17, 15) is 9.90 Å². The van der Waals surface area contributed by atoms with E-state index in [0.717, 1.165) is 27.8 Å². The summed E-state index contributed by atoms with van der Waals surface area (Å²) in [6, 6.07) is 14.7. The zero-order valence-electron chi connectivity index (χ0n) is 14.4. The van der Waals surface area contributed by atoms with Crippen molar-refractivity contribution >= 4 is 32.8 Å². The van der Waals surface area contributed by atoms with E-state index in [1.165, 1.54) is 0 Å². The monoisotopic (exact) mass is 422 g/mol. The van der Waals surface area contributed by atoms with E-state index in [2.05, 4.69) is 31.2 Å². The van der Waals surface area contributed by atoms with Crippen LogP contribution in [0, 0.1) is 0 Å². The predicted octanol–water partition coefficient (Wildman–Crippen LogP) is 4.51. The van der Waals surface area contributed by atoms with Gasteiger partial charge in [0.2, 0.25) is 0 Å². The largest absolute Gasteiger partial charge is 0.478 e. The van der Waals surface area contributed by atoms with Crippen LogP contribution in [0.25, 0.3) is 27.8 Å². The van der Waals surface area contributed by atoms with Crippen LogP contribution in [0.3, 0.4) is 0 Å². The molecule has 2 heterocycles. The normalized spacial score (nSPS) is 11.0. The predicted molar refractivity (Wildman–Crippen MR) is 106 cm³/mol. The van der Waals surface area contributed by atoms with Crippen molar-refractivity contribution in [2.24, 2.45) is 0 Å². The van der Waals surface area contributed by atoms with Gasteiger partial charge in [0.1, 0.15) is 0 Å². The number of nitrogens with zero attached hydrogens (tertiary/aromatic N) is 4. The Balaban J connectivity index is 1.77. The molecule has 1 N–H and O–H groups in total. The molecule has 0 saturated heterocycles. The first-order valence-corrected chi connectivity index (χ1v) is 9.20. The highest BCUT2D eigenvalue weighted by Crippen LogP contribution is 2.27. The quantitative estimate of drug-likeness (QED) is 0.523. The van der Waals surface area contributed by atoms with E-state index in [1.54, 1.807) is 16.8 Å². The Morgan fingerprint density at radius 1 is 1.15 bits per heavy atom. The van der Waals surface area contributed by atoms with E-state index in [0.29, 0.717) is 16.6 Å². The molecule has 2 aromatic heterocycles. The number of pyridine rings is 1. The molecule has 0 bridgehead atoms. The highest BCUT2D eigenvalue weighted by atomic mass is 79.9. The number of aromatic nitrogens is 4. The first kappa shape index (κ1) is 17.4. The van der Waals surface area contributed by atoms with E-state index in [1.807, 2.05) is 49.5 Å². The van der Waals surface area contributed by atoms with Gasteiger partial charge < -0.3 is 5.11 Å². The summed E-state index contributed by atoms with van der Waals surface area (Å²) in [6.45, 7) is 2.03. The first-order valence-electron chi connectivity index (χ1n) is 8.41. The van der Waals surface area contributed by atoms with Crippen molar-refractivity contribution < 1.29 is 9.90 Å². The molecule has 0 amide bonds. The number of aromatic carboxylic acids is 1. The summed E-state index contributed by atoms with van der Waals surface area (Å²) in [4.78, 5) is 16.3. The summed E-state index contributed by atoms with van der Waals surface area (Å²) in [5.41, 5.74) is 4.12. The third-order valence-corrected chi connectivity index (χ3v) is 4.83. The van der Waals surface area contributed by atoms with E-state index >= 15 is 0 Å². The van der Waals surface area contributed by atoms with Crippen molar-refractivity contribution in [2.45, 2.75) is 13.3 Å². The molecule has 0 fully saturated rings. The molecule has 0 aliphatic heterocycles. The lowest BCUT2D eigenvalue weighted by Crippen LogP contribution is -2.00. The Morgan fingerprint density at radius 3 is 2.59 bits per heavy atom. The summed E-state index contributed by atoms with van der Waals surface area (Å²) >= 11 is 3.38. The maximum atomic E-state index is 11.7. The molecule has 4 aromatic rings. The maximum Gasteiger partial charge on any atom is 0.336 e. The maximum absolute atomic E-state index is 11.7. The average Bonchev–Trinajstić information content (AvgIpc) is 3.16. The summed E-state index contributed by atoms with van der Waals surface area (Å²) in [5.74, 6) is -0.979. The number of fused-ring (bicyclic) bond motifs is 1. The van der Waals surface area contributed by atoms with Gasteiger partial charge in [-0.1, -0.05) is 40.2 Å². The fraction of sp³-hybridized carbons (Fsp3) is 0.100. The van der Waals surface area contributed by atoms with Crippen LogP contribution >= 0.6 is 15.9 Å². The third-order valence-electron chi connectivity index (χ3n) is 4.33. The second-order valence-corrected chi connectivity index (χ2v) is 6.99. The number of carbonyl (C=O) groups is 1. The van der Waals surface area contributed by atoms with Gasteiger partial charge in [-0.05, 0) is 42.8 Å². The number of rotatable bonds is 4. The van der Waals surface area contributed by atoms with Gasteiger partial charge in [-0.15, -0.1) is 5.10 Å². The van der Waals surface area contributed by atoms with Crippen molar-refractivity contribution in [3.8, 4) is 16.9 Å². The van der Waals surface area contributed by atoms with Gasteiger partial charge >= 0.3 is 5.97 Å². The molecule has 27 heavy (non-hydrogen) atoms. The molecule has 0 spiro atoms. The molecular weight excluding hydrogens is 408 g/mol. The lowest BCUT2D eigenvalue weighted by molar-refractivity contribution is 0.0699. The number of carboxylic acids is 1. The number of benzene rings is 2. The fourth-order valence-corrected chi connectivity index (χ4v) is 3.26. The molecular formula is C20H15BrN4O2. The molecule has 0 atom stereocenters. The molecule has 2 aromatic carbocycles. The number of hydrogen-bond donors (Lipinski definition) is 1. The number of aryl methyl sites for hydroxylation is 1. The van der Waals surface area contributed by atoms with Crippen LogP contribution in [-0.2, 0) is 6.42 Å². The van der Waals surface area contributed by atoms with Gasteiger partial charge in [-0.2, -0.15) is 0 Å². The van der Waals surface area contributed by atoms with Gasteiger partial charge in [0, 0.05) is 15.4 Å². The molecule has 6 nitrogen and oxygen atoms in total. The van der Waals surface area contributed by atoms with Gasteiger partial charge in [0.25, 0.3) is 0 Å². The van der Waals surface area contributed by atoms with Crippen molar-refractivity contribution in [3.05, 3.63) is 70.5 Å². The zero-order chi connectivity index (χ0) is 19.0. The zero-order valence-corrected chi connectivity index (χ0v) is 16.0. The minimum atomic E-state index is -0.979. The Morgan fingerprint density at radius 2 is 1.93 bits per heavy atom. The Kier molecular flexibility index (Phi) is 4.45. The fourth-order valence-electron chi connectivity index (χ4n) is 2.89. The summed E-state index contributed by atoms with van der Waals surface area (Å²) in [6.07, 6.45) is 2.72. The van der Waals surface area contributed by atoms with E-state index in [-0.39, 0.29) is 5.56 Å². The Labute approximate surface area is 163 Å². The van der Waals surface area contributed by atoms with E-state index in [4.69, 9.17) is 0 Å². The Bertz CT molecular complexity index is 1150. The highest BCUT2D eigenvalue weighted by molar-refractivity contribution is 9.10. The molecule has 0 saturated carbocycles. The molecule has 134 valence electrons. The SMILES string of the molecule is CCc1cn(-c2ccc(-c3cc(C(=O)O)c4cc(Br)ccc4n3)cc2)nn1. The van der Waals surface area contributed by atoms with E-state index < -0.39 is 5.97 Å². The molecule has 0 unspecified atom stereocenters. The molecule has 7 heteroatoms. The molecule has 0 aliphatic rings. The van der Waals surface area contributed by atoms with Crippen LogP contribution in [-0.4, -0.2) is 31.1 Å². The second-order valence-electron chi connectivity index (χ2n) is 6.08. The van der Waals surface area contributed by atoms with Gasteiger partial charge in [0.15, 0.2) is 0 Å². The van der Waals surface area contributed by atoms with Crippen LogP contribution in [0.4, 0.5) is 0 Å². The van der Waals surface area contributed by atoms with Crippen molar-refractivity contribution in [1.29, 1.82) is 0 Å². The minimum Gasteiger partial charge on any atom is -0.478 e. The average molecular weight is 423 g/mol. The van der Waals surface area contributed by atoms with Gasteiger partial charge in [0.05, 0.1) is 34.4 Å². The molecule has 0 radical (unpaired) electrons. The van der Waals surface area contributed by atoms with Gasteiger partial charge in [-0.25, -0.2) is 14.5 Å². The number of carboxylic acid groups (broad SMARTS) is 1. The van der Waals surface area contributed by atoms with Crippen LogP contribution in [0.5, 0.6) is 0 Å². The van der Waals surface area contributed by atoms with Gasteiger partial charge in [-0.3, -0.25) is 0 Å². The standard InChI is InChI=1S/C20H15BrN4O2/c1-2-14-11-25(24-23-14)15-6-3-12(4-7-15)19-10-17(20(26)27)16-9-13(21)5-8-18(16)22-19/h3-11H,2H2,1H3,(H,26,27). The number of halogens is 1. The van der Waals surface area contributed by atoms with Crippen LogP contribution < -0.4 is 0 Å². The third kappa shape index (κ3) is 3.33. The van der Waals surface area contributed by atoms with Crippen LogP contribution in [0.15, 0.2) is 59.2 Å². The van der Waals surface area contributed by atoms with Crippen molar-refractivity contribution in [1.82, 2.24) is 20.0 Å². The first-order chi connectivity index (χ1) is 13.0. The van der Waals surface area contributed by atoms with Crippen molar-refractivity contribution in [3.63, 3.8) is 0 Å². The minimum absolute atomic E-state index is 0.226. The second kappa shape index (κ2) is 6.92. The van der Waals surface area contributed by atoms with Crippen molar-refractivity contribution in [2.75, 3.05) is 0 Å².